The molecule has 2 heterocycles. The molecule has 2 aliphatic rings. The highest BCUT2D eigenvalue weighted by atomic mass is 16.4. The molecule has 1 aliphatic heterocycles. The van der Waals surface area contributed by atoms with Crippen molar-refractivity contribution in [1.82, 2.24) is 14.9 Å². The number of hydrogen-bond donors (Lipinski definition) is 2. The average Bonchev–Trinajstić information content (AvgIpc) is 3.20. The summed E-state index contributed by atoms with van der Waals surface area (Å²) in [5.41, 5.74) is -0.0872. The highest BCUT2D eigenvalue weighted by Gasteiger charge is 2.39. The largest absolute Gasteiger partial charge is 0.476 e. The van der Waals surface area contributed by atoms with Crippen molar-refractivity contribution in [2.24, 2.45) is 5.92 Å². The van der Waals surface area contributed by atoms with E-state index in [0.29, 0.717) is 19.0 Å². The average molecular weight is 276 g/mol. The molecule has 1 amide bonds. The van der Waals surface area contributed by atoms with E-state index in [1.54, 1.807) is 0 Å². The Morgan fingerprint density at radius 1 is 1.40 bits per heavy atom. The lowest BCUT2D eigenvalue weighted by atomic mass is 10.1. The summed E-state index contributed by atoms with van der Waals surface area (Å²) in [5, 5.41) is 12.0. The lowest BCUT2D eigenvalue weighted by Crippen LogP contribution is -2.28. The Morgan fingerprint density at radius 3 is 2.85 bits per heavy atom. The predicted molar refractivity (Wildman–Crippen MR) is 70.3 cm³/mol. The third-order valence-electron chi connectivity index (χ3n) is 3.69. The second-order valence-electron chi connectivity index (χ2n) is 5.29. The maximum Gasteiger partial charge on any atom is 0.358 e. The van der Waals surface area contributed by atoms with E-state index in [0.717, 1.165) is 19.4 Å². The highest BCUT2D eigenvalue weighted by Crippen LogP contribution is 2.32. The molecule has 3 rings (SSSR count). The molecule has 0 bridgehead atoms. The summed E-state index contributed by atoms with van der Waals surface area (Å²) in [4.78, 5) is 32.6. The van der Waals surface area contributed by atoms with Gasteiger partial charge in [-0.15, -0.1) is 0 Å². The molecule has 2 fully saturated rings. The Labute approximate surface area is 116 Å². The zero-order chi connectivity index (χ0) is 14.1. The van der Waals surface area contributed by atoms with Crippen LogP contribution >= 0.6 is 0 Å². The van der Waals surface area contributed by atoms with Gasteiger partial charge in [0.15, 0.2) is 11.5 Å². The quantitative estimate of drug-likeness (QED) is 0.817. The minimum atomic E-state index is -1.11. The number of carboxylic acids is 1. The lowest BCUT2D eigenvalue weighted by molar-refractivity contribution is -0.128. The van der Waals surface area contributed by atoms with Crippen LogP contribution < -0.4 is 5.32 Å². The summed E-state index contributed by atoms with van der Waals surface area (Å²) in [6, 6.07) is 0.443. The number of carboxylic acid groups (broad SMARTS) is 1. The highest BCUT2D eigenvalue weighted by molar-refractivity contribution is 5.90. The molecule has 1 saturated heterocycles. The van der Waals surface area contributed by atoms with Crippen molar-refractivity contribution in [3.63, 3.8) is 0 Å². The van der Waals surface area contributed by atoms with Gasteiger partial charge in [0, 0.05) is 43.9 Å². The Bertz CT molecular complexity index is 544. The molecular weight excluding hydrogens is 260 g/mol. The van der Waals surface area contributed by atoms with Crippen LogP contribution in [0.4, 0.5) is 5.82 Å². The SMILES string of the molecule is O=C(O)c1nccnc1NCC1CC(=O)N(C2CC2)C1. The van der Waals surface area contributed by atoms with Gasteiger partial charge in [-0.3, -0.25) is 4.79 Å². The van der Waals surface area contributed by atoms with E-state index in [9.17, 15) is 9.59 Å². The predicted octanol–water partition coefficient (Wildman–Crippen LogP) is 0.598. The number of anilines is 1. The second kappa shape index (κ2) is 5.07. The fourth-order valence-corrected chi connectivity index (χ4v) is 2.55. The Balaban J connectivity index is 1.60. The summed E-state index contributed by atoms with van der Waals surface area (Å²) in [6.45, 7) is 1.28. The lowest BCUT2D eigenvalue weighted by Gasteiger charge is -2.16. The number of nitrogens with zero attached hydrogens (tertiary/aromatic N) is 3. The van der Waals surface area contributed by atoms with Gasteiger partial charge in [0.1, 0.15) is 0 Å². The van der Waals surface area contributed by atoms with Gasteiger partial charge in [-0.05, 0) is 12.8 Å². The summed E-state index contributed by atoms with van der Waals surface area (Å²) in [6.07, 6.45) is 5.54. The van der Waals surface area contributed by atoms with Gasteiger partial charge < -0.3 is 15.3 Å². The number of rotatable bonds is 5. The van der Waals surface area contributed by atoms with Gasteiger partial charge in [0.25, 0.3) is 0 Å². The monoisotopic (exact) mass is 276 g/mol. The van der Waals surface area contributed by atoms with E-state index in [1.165, 1.54) is 12.4 Å². The van der Waals surface area contributed by atoms with Crippen molar-refractivity contribution in [1.29, 1.82) is 0 Å². The zero-order valence-electron chi connectivity index (χ0n) is 11.0. The first-order valence-electron chi connectivity index (χ1n) is 6.73. The van der Waals surface area contributed by atoms with Gasteiger partial charge in [-0.1, -0.05) is 0 Å². The van der Waals surface area contributed by atoms with Crippen LogP contribution in [0, 0.1) is 5.92 Å². The standard InChI is InChI=1S/C13H16N4O3/c18-10-5-8(7-17(10)9-1-2-9)6-16-12-11(13(19)20)14-3-4-15-12/h3-4,8-9H,1-2,5-7H2,(H,15,16)(H,19,20). The molecule has 2 N–H and O–H groups in total. The maximum atomic E-state index is 11.8. The second-order valence-corrected chi connectivity index (χ2v) is 5.29. The third-order valence-corrected chi connectivity index (χ3v) is 3.69. The summed E-state index contributed by atoms with van der Waals surface area (Å²) >= 11 is 0. The molecular formula is C13H16N4O3. The summed E-state index contributed by atoms with van der Waals surface area (Å²) < 4.78 is 0. The van der Waals surface area contributed by atoms with E-state index < -0.39 is 5.97 Å². The van der Waals surface area contributed by atoms with E-state index in [-0.39, 0.29) is 23.3 Å². The van der Waals surface area contributed by atoms with Crippen LogP contribution in [0.25, 0.3) is 0 Å². The molecule has 20 heavy (non-hydrogen) atoms. The van der Waals surface area contributed by atoms with E-state index in [1.807, 2.05) is 4.90 Å². The zero-order valence-corrected chi connectivity index (χ0v) is 11.0. The molecule has 1 atom stereocenters. The van der Waals surface area contributed by atoms with E-state index in [2.05, 4.69) is 15.3 Å². The molecule has 1 unspecified atom stereocenters. The van der Waals surface area contributed by atoms with Crippen molar-refractivity contribution in [3.05, 3.63) is 18.1 Å². The van der Waals surface area contributed by atoms with Gasteiger partial charge >= 0.3 is 5.97 Å². The minimum Gasteiger partial charge on any atom is -0.476 e. The first-order valence-corrected chi connectivity index (χ1v) is 6.73. The third kappa shape index (κ3) is 2.56. The molecule has 7 heteroatoms. The topological polar surface area (TPSA) is 95.4 Å². The van der Waals surface area contributed by atoms with Crippen LogP contribution in [0.2, 0.25) is 0 Å². The number of likely N-dealkylation sites (tertiary alicyclic amines) is 1. The van der Waals surface area contributed by atoms with Gasteiger partial charge in [-0.25, -0.2) is 14.8 Å². The Kier molecular flexibility index (Phi) is 3.25. The summed E-state index contributed by atoms with van der Waals surface area (Å²) in [7, 11) is 0. The number of hydrogen-bond acceptors (Lipinski definition) is 5. The van der Waals surface area contributed by atoms with Crippen molar-refractivity contribution in [2.75, 3.05) is 18.4 Å². The van der Waals surface area contributed by atoms with Crippen molar-refractivity contribution >= 4 is 17.7 Å². The van der Waals surface area contributed by atoms with Gasteiger partial charge in [0.2, 0.25) is 5.91 Å². The van der Waals surface area contributed by atoms with Crippen molar-refractivity contribution in [2.45, 2.75) is 25.3 Å². The van der Waals surface area contributed by atoms with Gasteiger partial charge in [0.05, 0.1) is 0 Å². The Morgan fingerprint density at radius 2 is 2.15 bits per heavy atom. The minimum absolute atomic E-state index is 0.0872. The van der Waals surface area contributed by atoms with Crippen molar-refractivity contribution in [3.8, 4) is 0 Å². The van der Waals surface area contributed by atoms with E-state index >= 15 is 0 Å². The maximum absolute atomic E-state index is 11.8. The van der Waals surface area contributed by atoms with Crippen LogP contribution in [-0.2, 0) is 4.79 Å². The smallest absolute Gasteiger partial charge is 0.358 e. The molecule has 1 aromatic rings. The number of carbonyl (C=O) groups excluding carboxylic acids is 1. The molecule has 0 aromatic carbocycles. The normalized spacial score (nSPS) is 22.1. The molecule has 7 nitrogen and oxygen atoms in total. The Hall–Kier alpha value is -2.18. The van der Waals surface area contributed by atoms with Gasteiger partial charge in [-0.2, -0.15) is 0 Å². The molecule has 106 valence electrons. The van der Waals surface area contributed by atoms with Crippen LogP contribution in [0.3, 0.4) is 0 Å². The summed E-state index contributed by atoms with van der Waals surface area (Å²) in [5.74, 6) is -0.441. The molecule has 1 aromatic heterocycles. The number of carbonyl (C=O) groups is 2. The number of nitrogens with one attached hydrogen (secondary N) is 1. The van der Waals surface area contributed by atoms with Crippen LogP contribution in [0.1, 0.15) is 29.8 Å². The number of aromatic nitrogens is 2. The molecule has 0 radical (unpaired) electrons. The first-order chi connectivity index (χ1) is 9.65. The van der Waals surface area contributed by atoms with Crippen LogP contribution in [0.15, 0.2) is 12.4 Å². The van der Waals surface area contributed by atoms with Crippen LogP contribution in [0.5, 0.6) is 0 Å². The fourth-order valence-electron chi connectivity index (χ4n) is 2.55. The molecule has 1 aliphatic carbocycles. The molecule has 1 saturated carbocycles. The van der Waals surface area contributed by atoms with E-state index in [4.69, 9.17) is 5.11 Å². The molecule has 0 spiro atoms. The first kappa shape index (κ1) is 12.8. The van der Waals surface area contributed by atoms with Crippen molar-refractivity contribution < 1.29 is 14.7 Å². The number of aromatic carboxylic acids is 1. The fraction of sp³-hybridized carbons (Fsp3) is 0.538. The van der Waals surface area contributed by atoms with Crippen LogP contribution in [-0.4, -0.2) is 51.0 Å². The number of amides is 1.